The second-order valence-corrected chi connectivity index (χ2v) is 5.06. The topological polar surface area (TPSA) is 67.7 Å². The first-order valence-electron chi connectivity index (χ1n) is 7.46. The summed E-state index contributed by atoms with van der Waals surface area (Å²) in [5.74, 6) is 1.84. The average molecular weight is 288 g/mol. The Morgan fingerprint density at radius 3 is 2.43 bits per heavy atom. The number of hydrogen-bond donors (Lipinski definition) is 2. The van der Waals surface area contributed by atoms with Gasteiger partial charge in [0.05, 0.1) is 6.20 Å². The highest BCUT2D eigenvalue weighted by Crippen LogP contribution is 2.22. The maximum atomic E-state index is 4.40. The second kappa shape index (κ2) is 7.06. The van der Waals surface area contributed by atoms with Gasteiger partial charge in [-0.15, -0.1) is 0 Å². The molecule has 6 nitrogen and oxygen atoms in total. The number of nitrogens with zero attached hydrogens (tertiary/aromatic N) is 4. The van der Waals surface area contributed by atoms with Crippen molar-refractivity contribution in [3.8, 4) is 0 Å². The third-order valence-electron chi connectivity index (χ3n) is 3.57. The molecule has 114 valence electrons. The molecule has 21 heavy (non-hydrogen) atoms. The van der Waals surface area contributed by atoms with Gasteiger partial charge in [0, 0.05) is 37.0 Å². The quantitative estimate of drug-likeness (QED) is 0.819. The predicted octanol–water partition coefficient (Wildman–Crippen LogP) is 2.51. The molecule has 2 rings (SSSR count). The Kier molecular flexibility index (Phi) is 5.14. The van der Waals surface area contributed by atoms with Gasteiger partial charge in [0.2, 0.25) is 0 Å². The van der Waals surface area contributed by atoms with E-state index in [4.69, 9.17) is 0 Å². The summed E-state index contributed by atoms with van der Waals surface area (Å²) in [5.41, 5.74) is 3.51. The minimum Gasteiger partial charge on any atom is -0.370 e. The summed E-state index contributed by atoms with van der Waals surface area (Å²) in [6.07, 6.45) is 5.52. The summed E-state index contributed by atoms with van der Waals surface area (Å²) >= 11 is 0. The van der Waals surface area contributed by atoms with E-state index in [0.29, 0.717) is 0 Å². The molecule has 2 N–H and O–H groups in total. The fraction of sp³-hybridized carbons (Fsp3) is 0.533. The van der Waals surface area contributed by atoms with E-state index in [1.807, 2.05) is 17.9 Å². The largest absolute Gasteiger partial charge is 0.370 e. The van der Waals surface area contributed by atoms with Crippen molar-refractivity contribution in [2.75, 3.05) is 17.2 Å². The molecular formula is C15H24N6. The van der Waals surface area contributed by atoms with Crippen molar-refractivity contribution in [1.82, 2.24) is 19.7 Å². The van der Waals surface area contributed by atoms with E-state index in [9.17, 15) is 0 Å². The van der Waals surface area contributed by atoms with E-state index >= 15 is 0 Å². The first kappa shape index (κ1) is 15.3. The lowest BCUT2D eigenvalue weighted by Gasteiger charge is -2.14. The van der Waals surface area contributed by atoms with E-state index in [-0.39, 0.29) is 0 Å². The van der Waals surface area contributed by atoms with Crippen LogP contribution in [0.2, 0.25) is 0 Å². The highest BCUT2D eigenvalue weighted by atomic mass is 15.3. The van der Waals surface area contributed by atoms with Crippen LogP contribution in [0.25, 0.3) is 0 Å². The van der Waals surface area contributed by atoms with Crippen molar-refractivity contribution in [3.05, 3.63) is 29.3 Å². The van der Waals surface area contributed by atoms with Crippen molar-refractivity contribution in [2.24, 2.45) is 7.05 Å². The minimum absolute atomic E-state index is 0.721. The summed E-state index contributed by atoms with van der Waals surface area (Å²) in [5, 5.41) is 11.0. The monoisotopic (exact) mass is 288 g/mol. The van der Waals surface area contributed by atoms with Gasteiger partial charge in [0.25, 0.3) is 0 Å². The standard InChI is InChI=1S/C15H24N6/c1-5-7-13-14(16-6-2)18-10-19-15(13)17-8-12-9-20-21(4)11(12)3/h9-10H,5-8H2,1-4H3,(H2,16,17,18,19). The van der Waals surface area contributed by atoms with E-state index in [0.717, 1.165) is 43.1 Å². The highest BCUT2D eigenvalue weighted by Gasteiger charge is 2.11. The van der Waals surface area contributed by atoms with Gasteiger partial charge in [-0.1, -0.05) is 13.3 Å². The maximum absolute atomic E-state index is 4.40. The second-order valence-electron chi connectivity index (χ2n) is 5.06. The number of hydrogen-bond acceptors (Lipinski definition) is 5. The Hall–Kier alpha value is -2.11. The Labute approximate surface area is 126 Å². The summed E-state index contributed by atoms with van der Waals surface area (Å²) < 4.78 is 1.88. The predicted molar refractivity (Wildman–Crippen MR) is 85.5 cm³/mol. The van der Waals surface area contributed by atoms with Crippen LogP contribution >= 0.6 is 0 Å². The zero-order chi connectivity index (χ0) is 15.2. The van der Waals surface area contributed by atoms with Gasteiger partial charge in [-0.2, -0.15) is 5.10 Å². The first-order chi connectivity index (χ1) is 10.2. The molecule has 0 fully saturated rings. The van der Waals surface area contributed by atoms with Crippen LogP contribution in [0.5, 0.6) is 0 Å². The van der Waals surface area contributed by atoms with Crippen LogP contribution in [-0.4, -0.2) is 26.3 Å². The third-order valence-corrected chi connectivity index (χ3v) is 3.57. The zero-order valence-electron chi connectivity index (χ0n) is 13.3. The van der Waals surface area contributed by atoms with E-state index in [2.05, 4.69) is 46.5 Å². The smallest absolute Gasteiger partial charge is 0.134 e. The summed E-state index contributed by atoms with van der Waals surface area (Å²) in [6, 6.07) is 0. The van der Waals surface area contributed by atoms with Gasteiger partial charge in [-0.3, -0.25) is 4.68 Å². The van der Waals surface area contributed by atoms with Crippen LogP contribution in [-0.2, 0) is 20.0 Å². The molecule has 0 unspecified atom stereocenters. The van der Waals surface area contributed by atoms with Gasteiger partial charge in [-0.25, -0.2) is 9.97 Å². The van der Waals surface area contributed by atoms with Crippen molar-refractivity contribution in [3.63, 3.8) is 0 Å². The molecule has 6 heteroatoms. The SMILES string of the molecule is CCCc1c(NCC)ncnc1NCc1cnn(C)c1C. The van der Waals surface area contributed by atoms with Crippen LogP contribution in [0.3, 0.4) is 0 Å². The van der Waals surface area contributed by atoms with Gasteiger partial charge in [0.1, 0.15) is 18.0 Å². The molecule has 0 saturated heterocycles. The highest BCUT2D eigenvalue weighted by molar-refractivity contribution is 5.57. The molecule has 2 aromatic heterocycles. The van der Waals surface area contributed by atoms with Gasteiger partial charge >= 0.3 is 0 Å². The molecule has 2 heterocycles. The van der Waals surface area contributed by atoms with Crippen LogP contribution in [0.1, 0.15) is 37.1 Å². The normalized spacial score (nSPS) is 10.7. The van der Waals surface area contributed by atoms with E-state index in [1.165, 1.54) is 11.3 Å². The number of nitrogens with one attached hydrogen (secondary N) is 2. The molecule has 0 aliphatic heterocycles. The molecule has 0 saturated carbocycles. The molecule has 0 radical (unpaired) electrons. The first-order valence-corrected chi connectivity index (χ1v) is 7.46. The molecule has 0 atom stereocenters. The fourth-order valence-electron chi connectivity index (χ4n) is 2.27. The lowest BCUT2D eigenvalue weighted by atomic mass is 10.1. The molecule has 0 amide bonds. The van der Waals surface area contributed by atoms with Gasteiger partial charge in [0.15, 0.2) is 0 Å². The maximum Gasteiger partial charge on any atom is 0.134 e. The molecular weight excluding hydrogens is 264 g/mol. The molecule has 0 aliphatic rings. The lowest BCUT2D eigenvalue weighted by molar-refractivity contribution is 0.738. The number of rotatable bonds is 7. The fourth-order valence-corrected chi connectivity index (χ4v) is 2.27. The lowest BCUT2D eigenvalue weighted by Crippen LogP contribution is -2.10. The van der Waals surface area contributed by atoms with Crippen LogP contribution in [0.15, 0.2) is 12.5 Å². The average Bonchev–Trinajstić information content (AvgIpc) is 2.80. The Bertz CT molecular complexity index is 590. The number of aryl methyl sites for hydroxylation is 1. The molecule has 0 aliphatic carbocycles. The van der Waals surface area contributed by atoms with Crippen molar-refractivity contribution in [1.29, 1.82) is 0 Å². The summed E-state index contributed by atoms with van der Waals surface area (Å²) in [6.45, 7) is 7.89. The van der Waals surface area contributed by atoms with Gasteiger partial charge in [-0.05, 0) is 20.3 Å². The third kappa shape index (κ3) is 3.51. The molecule has 2 aromatic rings. The minimum atomic E-state index is 0.721. The Morgan fingerprint density at radius 2 is 1.86 bits per heavy atom. The summed E-state index contributed by atoms with van der Waals surface area (Å²) in [4.78, 5) is 8.75. The Balaban J connectivity index is 2.18. The van der Waals surface area contributed by atoms with Crippen molar-refractivity contribution < 1.29 is 0 Å². The van der Waals surface area contributed by atoms with Crippen molar-refractivity contribution in [2.45, 2.75) is 40.2 Å². The van der Waals surface area contributed by atoms with E-state index in [1.54, 1.807) is 6.33 Å². The Morgan fingerprint density at radius 1 is 1.14 bits per heavy atom. The molecule has 0 bridgehead atoms. The molecule has 0 aromatic carbocycles. The van der Waals surface area contributed by atoms with Crippen LogP contribution < -0.4 is 10.6 Å². The zero-order valence-corrected chi connectivity index (χ0v) is 13.3. The van der Waals surface area contributed by atoms with Crippen LogP contribution in [0, 0.1) is 6.92 Å². The van der Waals surface area contributed by atoms with Gasteiger partial charge < -0.3 is 10.6 Å². The number of aromatic nitrogens is 4. The van der Waals surface area contributed by atoms with Crippen molar-refractivity contribution >= 4 is 11.6 Å². The summed E-state index contributed by atoms with van der Waals surface area (Å²) in [7, 11) is 1.95. The molecule has 0 spiro atoms. The number of anilines is 2. The van der Waals surface area contributed by atoms with Crippen LogP contribution in [0.4, 0.5) is 11.6 Å². The van der Waals surface area contributed by atoms with E-state index < -0.39 is 0 Å².